The van der Waals surface area contributed by atoms with Gasteiger partial charge < -0.3 is 4.55 Å². The molecule has 4 nitrogen and oxygen atoms in total. The number of hydrogen-bond donors (Lipinski definition) is 0. The van der Waals surface area contributed by atoms with E-state index in [1.165, 1.54) is 26.3 Å². The Kier molecular flexibility index (Phi) is 4.35. The fourth-order valence-corrected chi connectivity index (χ4v) is 3.48. The molecule has 9 heteroatoms. The summed E-state index contributed by atoms with van der Waals surface area (Å²) in [5, 5.41) is 5.07. The molecule has 2 rings (SSSR count). The Balaban J connectivity index is 2.60. The van der Waals surface area contributed by atoms with Gasteiger partial charge in [-0.2, -0.15) is 18.3 Å². The topological polar surface area (TPSA) is 55.7 Å². The Labute approximate surface area is 136 Å². The lowest BCUT2D eigenvalue weighted by Crippen LogP contribution is -2.37. The zero-order valence-corrected chi connectivity index (χ0v) is 14.3. The molecule has 1 aliphatic rings. The summed E-state index contributed by atoms with van der Waals surface area (Å²) < 4.78 is 49.8. The van der Waals surface area contributed by atoms with E-state index in [2.05, 4.69) is 21.0 Å². The number of hydrazone groups is 1. The largest absolute Gasteiger partial charge is 0.612 e. The van der Waals surface area contributed by atoms with Crippen molar-refractivity contribution in [3.05, 3.63) is 29.3 Å². The van der Waals surface area contributed by atoms with Gasteiger partial charge in [0.15, 0.2) is 4.90 Å². The van der Waals surface area contributed by atoms with Gasteiger partial charge in [0, 0.05) is 12.6 Å². The van der Waals surface area contributed by atoms with Crippen LogP contribution in [-0.4, -0.2) is 38.8 Å². The highest BCUT2D eigenvalue weighted by atomic mass is 79.9. The van der Waals surface area contributed by atoms with Crippen molar-refractivity contribution in [1.82, 2.24) is 5.01 Å². The van der Waals surface area contributed by atoms with E-state index in [0.717, 1.165) is 17.1 Å². The number of rotatable bonds is 2. The first-order valence-electron chi connectivity index (χ1n) is 6.07. The predicted molar refractivity (Wildman–Crippen MR) is 80.4 cm³/mol. The third-order valence-electron chi connectivity index (χ3n) is 3.26. The summed E-state index contributed by atoms with van der Waals surface area (Å²) in [6.45, 7) is 1.52. The fraction of sp³-hybridized carbons (Fsp3) is 0.385. The number of hydrogen-bond acceptors (Lipinski definition) is 3. The van der Waals surface area contributed by atoms with Gasteiger partial charge in [-0.1, -0.05) is 15.9 Å². The second kappa shape index (κ2) is 5.54. The Morgan fingerprint density at radius 1 is 1.41 bits per heavy atom. The molecule has 2 unspecified atom stereocenters. The number of halogens is 4. The number of alkyl halides is 4. The van der Waals surface area contributed by atoms with E-state index in [4.69, 9.17) is 0 Å². The van der Waals surface area contributed by atoms with Crippen molar-refractivity contribution in [2.75, 3.05) is 13.3 Å². The zero-order valence-electron chi connectivity index (χ0n) is 11.9. The van der Waals surface area contributed by atoms with Crippen molar-refractivity contribution in [3.63, 3.8) is 0 Å². The van der Waals surface area contributed by atoms with Crippen molar-refractivity contribution in [3.8, 4) is 0 Å². The predicted octanol–water partition coefficient (Wildman–Crippen LogP) is 2.77. The fourth-order valence-electron chi connectivity index (χ4n) is 2.17. The van der Waals surface area contributed by atoms with Crippen LogP contribution in [0.15, 0.2) is 28.2 Å². The maximum Gasteiger partial charge on any atom is 0.421 e. The number of nitrogens with zero attached hydrogens (tertiary/aromatic N) is 2. The summed E-state index contributed by atoms with van der Waals surface area (Å²) in [4.78, 5) is 11.7. The average Bonchev–Trinajstić information content (AvgIpc) is 2.60. The van der Waals surface area contributed by atoms with Gasteiger partial charge in [0.05, 0.1) is 5.71 Å². The second-order valence-corrected chi connectivity index (χ2v) is 7.88. The highest BCUT2D eigenvalue weighted by Gasteiger charge is 2.45. The first-order chi connectivity index (χ1) is 9.96. The van der Waals surface area contributed by atoms with Crippen LogP contribution in [0.5, 0.6) is 0 Å². The standard InChI is InChI=1S/C13H12BrF3N2O2S/c1-12(14)10(18-19(2)11(12)20)7-4-5-9(22(3)21)8(6-7)13(15,16)17/h4-6H,1-3H3. The molecule has 22 heavy (non-hydrogen) atoms. The van der Waals surface area contributed by atoms with Gasteiger partial charge in [0.25, 0.3) is 5.91 Å². The average molecular weight is 397 g/mol. The van der Waals surface area contributed by atoms with E-state index in [1.807, 2.05) is 0 Å². The maximum atomic E-state index is 13.2. The van der Waals surface area contributed by atoms with Crippen LogP contribution in [-0.2, 0) is 22.1 Å². The normalized spacial score (nSPS) is 23.7. The summed E-state index contributed by atoms with van der Waals surface area (Å²) in [5.41, 5.74) is -0.656. The molecule has 1 heterocycles. The first-order valence-corrected chi connectivity index (χ1v) is 8.42. The van der Waals surface area contributed by atoms with E-state index in [-0.39, 0.29) is 22.1 Å². The third kappa shape index (κ3) is 2.89. The van der Waals surface area contributed by atoms with Crippen molar-refractivity contribution in [2.24, 2.45) is 5.10 Å². The van der Waals surface area contributed by atoms with Crippen LogP contribution in [0.25, 0.3) is 0 Å². The summed E-state index contributed by atoms with van der Waals surface area (Å²) in [6, 6.07) is 3.42. The lowest BCUT2D eigenvalue weighted by molar-refractivity contribution is -0.139. The quantitative estimate of drug-likeness (QED) is 0.569. The molecule has 120 valence electrons. The van der Waals surface area contributed by atoms with E-state index in [9.17, 15) is 22.5 Å². The van der Waals surface area contributed by atoms with Crippen molar-refractivity contribution in [1.29, 1.82) is 0 Å². The molecule has 0 saturated carbocycles. The Hall–Kier alpha value is -1.06. The summed E-state index contributed by atoms with van der Waals surface area (Å²) in [7, 11) is 1.43. The van der Waals surface area contributed by atoms with E-state index in [1.54, 1.807) is 0 Å². The summed E-state index contributed by atoms with van der Waals surface area (Å²) >= 11 is 1.43. The van der Waals surface area contributed by atoms with E-state index < -0.39 is 27.2 Å². The van der Waals surface area contributed by atoms with Gasteiger partial charge in [-0.3, -0.25) is 4.79 Å². The molecule has 0 aromatic heterocycles. The van der Waals surface area contributed by atoms with Crippen LogP contribution in [0.3, 0.4) is 0 Å². The molecule has 0 aliphatic carbocycles. The highest BCUT2D eigenvalue weighted by molar-refractivity contribution is 9.10. The van der Waals surface area contributed by atoms with Crippen LogP contribution >= 0.6 is 15.9 Å². The minimum Gasteiger partial charge on any atom is -0.612 e. The Morgan fingerprint density at radius 3 is 2.41 bits per heavy atom. The molecular formula is C13H12BrF3N2O2S. The van der Waals surface area contributed by atoms with Crippen LogP contribution < -0.4 is 0 Å². The number of carbonyl (C=O) groups is 1. The van der Waals surface area contributed by atoms with E-state index >= 15 is 0 Å². The molecule has 0 saturated heterocycles. The van der Waals surface area contributed by atoms with Gasteiger partial charge >= 0.3 is 6.18 Å². The van der Waals surface area contributed by atoms with Crippen LogP contribution in [0.4, 0.5) is 13.2 Å². The lowest BCUT2D eigenvalue weighted by atomic mass is 9.97. The summed E-state index contributed by atoms with van der Waals surface area (Å²) in [6.07, 6.45) is -3.46. The van der Waals surface area contributed by atoms with Crippen molar-refractivity contribution < 1.29 is 22.5 Å². The minimum absolute atomic E-state index is 0.151. The van der Waals surface area contributed by atoms with E-state index in [0.29, 0.717) is 0 Å². The maximum absolute atomic E-state index is 13.2. The van der Waals surface area contributed by atoms with Gasteiger partial charge in [-0.25, -0.2) is 5.01 Å². The number of benzene rings is 1. The van der Waals surface area contributed by atoms with Crippen LogP contribution in [0.1, 0.15) is 18.1 Å². The molecule has 2 atom stereocenters. The van der Waals surface area contributed by atoms with Crippen LogP contribution in [0, 0.1) is 0 Å². The Bertz CT molecular complexity index is 659. The molecule has 0 bridgehead atoms. The van der Waals surface area contributed by atoms with Crippen molar-refractivity contribution >= 4 is 38.7 Å². The van der Waals surface area contributed by atoms with Gasteiger partial charge in [0.2, 0.25) is 0 Å². The van der Waals surface area contributed by atoms with Gasteiger partial charge in [-0.05, 0) is 36.3 Å². The molecule has 0 spiro atoms. The van der Waals surface area contributed by atoms with Crippen LogP contribution in [0.2, 0.25) is 0 Å². The van der Waals surface area contributed by atoms with Gasteiger partial charge in [0.1, 0.15) is 16.1 Å². The zero-order chi connectivity index (χ0) is 16.9. The molecule has 1 amide bonds. The monoisotopic (exact) mass is 396 g/mol. The lowest BCUT2D eigenvalue weighted by Gasteiger charge is -2.18. The molecule has 1 aliphatic heterocycles. The smallest absolute Gasteiger partial charge is 0.421 e. The number of carbonyl (C=O) groups excluding carboxylic acids is 1. The minimum atomic E-state index is -4.64. The third-order valence-corrected chi connectivity index (χ3v) is 4.95. The summed E-state index contributed by atoms with van der Waals surface area (Å²) in [5.74, 6) is -0.376. The van der Waals surface area contributed by atoms with Gasteiger partial charge in [-0.15, -0.1) is 0 Å². The SMILES string of the molecule is CN1N=C(c2ccc([S+](C)[O-])c(C(F)(F)F)c2)C(C)(Br)C1=O. The molecule has 1 aromatic carbocycles. The molecule has 0 radical (unpaired) electrons. The number of amides is 1. The molecule has 0 N–H and O–H groups in total. The first kappa shape index (κ1) is 17.3. The second-order valence-electron chi connectivity index (χ2n) is 4.94. The highest BCUT2D eigenvalue weighted by Crippen LogP contribution is 2.37. The van der Waals surface area contributed by atoms with Crippen molar-refractivity contribution in [2.45, 2.75) is 22.3 Å². The Morgan fingerprint density at radius 2 is 2.00 bits per heavy atom. The molecule has 1 aromatic rings. The molecular weight excluding hydrogens is 385 g/mol. The molecule has 0 fully saturated rings.